The molecule has 0 spiro atoms. The van der Waals surface area contributed by atoms with Crippen LogP contribution >= 0.6 is 0 Å². The molecule has 1 aliphatic carbocycles. The standard InChI is InChI=1S/C21H26/c1-11-9-13(3)18-19-16(6)14(4)12(2)10-17(19)21(7,8)20(18)15(11)5/h9-10H,1-8H3. The Labute approximate surface area is 129 Å². The smallest absolute Gasteiger partial charge is 0.0161 e. The van der Waals surface area contributed by atoms with Gasteiger partial charge in [-0.2, -0.15) is 0 Å². The maximum atomic E-state index is 2.42. The van der Waals surface area contributed by atoms with Crippen LogP contribution in [0.15, 0.2) is 12.1 Å². The van der Waals surface area contributed by atoms with Gasteiger partial charge in [-0.25, -0.2) is 0 Å². The second-order valence-corrected chi connectivity index (χ2v) is 7.38. The predicted octanol–water partition coefficient (Wildman–Crippen LogP) is 5.84. The molecule has 0 aliphatic heterocycles. The normalized spacial score (nSPS) is 15.0. The molecule has 0 amide bonds. The van der Waals surface area contributed by atoms with E-state index in [1.165, 1.54) is 50.1 Å². The molecular weight excluding hydrogens is 252 g/mol. The fourth-order valence-electron chi connectivity index (χ4n) is 4.22. The largest absolute Gasteiger partial charge is 0.0555 e. The topological polar surface area (TPSA) is 0 Å². The SMILES string of the molecule is Cc1cc2c(c(C)c1C)-c1c(C)cc(C)c(C)c1C2(C)C. The van der Waals surface area contributed by atoms with Gasteiger partial charge >= 0.3 is 0 Å². The van der Waals surface area contributed by atoms with Crippen LogP contribution in [-0.2, 0) is 5.41 Å². The maximum Gasteiger partial charge on any atom is 0.0161 e. The summed E-state index contributed by atoms with van der Waals surface area (Å²) >= 11 is 0. The monoisotopic (exact) mass is 278 g/mol. The van der Waals surface area contributed by atoms with Crippen LogP contribution in [0.5, 0.6) is 0 Å². The van der Waals surface area contributed by atoms with Crippen LogP contribution in [0.1, 0.15) is 58.4 Å². The lowest BCUT2D eigenvalue weighted by Crippen LogP contribution is -2.17. The van der Waals surface area contributed by atoms with Gasteiger partial charge in [0.2, 0.25) is 0 Å². The molecular formula is C21H26. The van der Waals surface area contributed by atoms with Crippen molar-refractivity contribution in [3.63, 3.8) is 0 Å². The van der Waals surface area contributed by atoms with Crippen LogP contribution in [0.3, 0.4) is 0 Å². The maximum absolute atomic E-state index is 2.42. The molecule has 2 aromatic carbocycles. The van der Waals surface area contributed by atoms with Gasteiger partial charge in [0, 0.05) is 5.41 Å². The molecule has 0 radical (unpaired) electrons. The Morgan fingerprint density at radius 1 is 0.619 bits per heavy atom. The first-order valence-corrected chi connectivity index (χ1v) is 7.90. The lowest BCUT2D eigenvalue weighted by Gasteiger charge is -2.25. The molecule has 3 rings (SSSR count). The molecule has 0 fully saturated rings. The third-order valence-corrected chi connectivity index (χ3v) is 5.75. The number of rotatable bonds is 0. The van der Waals surface area contributed by atoms with Crippen molar-refractivity contribution in [1.29, 1.82) is 0 Å². The Kier molecular flexibility index (Phi) is 2.89. The molecule has 0 aromatic heterocycles. The van der Waals surface area contributed by atoms with Crippen molar-refractivity contribution in [2.75, 3.05) is 0 Å². The second-order valence-electron chi connectivity index (χ2n) is 7.38. The van der Waals surface area contributed by atoms with Crippen molar-refractivity contribution in [2.45, 2.75) is 60.8 Å². The molecule has 1 aliphatic rings. The zero-order valence-electron chi connectivity index (χ0n) is 14.7. The van der Waals surface area contributed by atoms with E-state index in [-0.39, 0.29) is 5.41 Å². The minimum absolute atomic E-state index is 0.106. The van der Waals surface area contributed by atoms with Crippen molar-refractivity contribution in [3.05, 3.63) is 56.6 Å². The molecule has 0 heterocycles. The van der Waals surface area contributed by atoms with Crippen molar-refractivity contribution in [3.8, 4) is 11.1 Å². The fourth-order valence-corrected chi connectivity index (χ4v) is 4.22. The van der Waals surface area contributed by atoms with E-state index in [9.17, 15) is 0 Å². The zero-order chi connectivity index (χ0) is 15.7. The first-order chi connectivity index (χ1) is 9.67. The molecule has 0 bridgehead atoms. The van der Waals surface area contributed by atoms with Gasteiger partial charge in [-0.1, -0.05) is 26.0 Å². The molecule has 0 saturated carbocycles. The summed E-state index contributed by atoms with van der Waals surface area (Å²) in [5.41, 5.74) is 14.8. The Morgan fingerprint density at radius 3 is 1.81 bits per heavy atom. The van der Waals surface area contributed by atoms with Crippen LogP contribution in [0.25, 0.3) is 11.1 Å². The zero-order valence-corrected chi connectivity index (χ0v) is 14.7. The van der Waals surface area contributed by atoms with E-state index < -0.39 is 0 Å². The lowest BCUT2D eigenvalue weighted by molar-refractivity contribution is 0.653. The molecule has 0 N–H and O–H groups in total. The highest BCUT2D eigenvalue weighted by molar-refractivity contribution is 5.87. The molecule has 0 heteroatoms. The Morgan fingerprint density at radius 2 is 1.19 bits per heavy atom. The summed E-state index contributed by atoms with van der Waals surface area (Å²) in [4.78, 5) is 0. The van der Waals surface area contributed by atoms with Crippen LogP contribution in [0, 0.1) is 41.5 Å². The number of hydrogen-bond donors (Lipinski definition) is 0. The minimum atomic E-state index is 0.106. The van der Waals surface area contributed by atoms with Crippen molar-refractivity contribution in [2.24, 2.45) is 0 Å². The Hall–Kier alpha value is -1.56. The van der Waals surface area contributed by atoms with E-state index in [0.717, 1.165) is 0 Å². The molecule has 0 nitrogen and oxygen atoms in total. The average molecular weight is 278 g/mol. The molecule has 2 aromatic rings. The van der Waals surface area contributed by atoms with Gasteiger partial charge in [-0.05, 0) is 97.2 Å². The van der Waals surface area contributed by atoms with Gasteiger partial charge in [0.1, 0.15) is 0 Å². The van der Waals surface area contributed by atoms with Gasteiger partial charge in [0.15, 0.2) is 0 Å². The summed E-state index contributed by atoms with van der Waals surface area (Å²) in [5, 5.41) is 0. The fraction of sp³-hybridized carbons (Fsp3) is 0.429. The predicted molar refractivity (Wildman–Crippen MR) is 92.4 cm³/mol. The Balaban J connectivity index is 2.55. The minimum Gasteiger partial charge on any atom is -0.0555 e. The van der Waals surface area contributed by atoms with Crippen LogP contribution in [-0.4, -0.2) is 0 Å². The molecule has 0 unspecified atom stereocenters. The first-order valence-electron chi connectivity index (χ1n) is 7.90. The summed E-state index contributed by atoms with van der Waals surface area (Å²) in [5.74, 6) is 0. The third kappa shape index (κ3) is 1.68. The lowest BCUT2D eigenvalue weighted by atomic mass is 9.78. The van der Waals surface area contributed by atoms with Crippen molar-refractivity contribution >= 4 is 0 Å². The highest BCUT2D eigenvalue weighted by atomic mass is 14.4. The highest BCUT2D eigenvalue weighted by Gasteiger charge is 2.39. The first kappa shape index (κ1) is 14.4. The summed E-state index contributed by atoms with van der Waals surface area (Å²) in [6, 6.07) is 4.78. The van der Waals surface area contributed by atoms with Crippen LogP contribution in [0.2, 0.25) is 0 Å². The second kappa shape index (κ2) is 4.22. The summed E-state index contributed by atoms with van der Waals surface area (Å²) in [7, 11) is 0. The summed E-state index contributed by atoms with van der Waals surface area (Å²) in [6.45, 7) is 18.4. The number of benzene rings is 2. The van der Waals surface area contributed by atoms with E-state index in [1.807, 2.05) is 0 Å². The number of fused-ring (bicyclic) bond motifs is 3. The van der Waals surface area contributed by atoms with Crippen LogP contribution in [0.4, 0.5) is 0 Å². The number of aryl methyl sites for hydroxylation is 3. The van der Waals surface area contributed by atoms with Gasteiger partial charge in [-0.3, -0.25) is 0 Å². The number of hydrogen-bond acceptors (Lipinski definition) is 0. The van der Waals surface area contributed by atoms with Gasteiger partial charge < -0.3 is 0 Å². The van der Waals surface area contributed by atoms with E-state index in [0.29, 0.717) is 0 Å². The molecule has 0 atom stereocenters. The molecule has 110 valence electrons. The van der Waals surface area contributed by atoms with E-state index in [2.05, 4.69) is 67.5 Å². The van der Waals surface area contributed by atoms with E-state index in [1.54, 1.807) is 5.56 Å². The quantitative estimate of drug-likeness (QED) is 0.567. The average Bonchev–Trinajstić information content (AvgIpc) is 2.63. The molecule has 0 saturated heterocycles. The summed E-state index contributed by atoms with van der Waals surface area (Å²) in [6.07, 6.45) is 0. The van der Waals surface area contributed by atoms with Gasteiger partial charge in [-0.15, -0.1) is 0 Å². The molecule has 21 heavy (non-hydrogen) atoms. The van der Waals surface area contributed by atoms with Crippen molar-refractivity contribution < 1.29 is 0 Å². The van der Waals surface area contributed by atoms with Gasteiger partial charge in [0.05, 0.1) is 0 Å². The van der Waals surface area contributed by atoms with Crippen LogP contribution < -0.4 is 0 Å². The third-order valence-electron chi connectivity index (χ3n) is 5.75. The highest BCUT2D eigenvalue weighted by Crippen LogP contribution is 2.53. The Bertz CT molecular complexity index is 774. The summed E-state index contributed by atoms with van der Waals surface area (Å²) < 4.78 is 0. The van der Waals surface area contributed by atoms with E-state index in [4.69, 9.17) is 0 Å². The van der Waals surface area contributed by atoms with Crippen molar-refractivity contribution in [1.82, 2.24) is 0 Å². The van der Waals surface area contributed by atoms with Gasteiger partial charge in [0.25, 0.3) is 0 Å². The van der Waals surface area contributed by atoms with E-state index >= 15 is 0 Å².